The molecule has 0 atom stereocenters. The Balaban J connectivity index is 2.69. The predicted octanol–water partition coefficient (Wildman–Crippen LogP) is 2.08. The summed E-state index contributed by atoms with van der Waals surface area (Å²) in [6, 6.07) is 4.28. The molecule has 0 saturated heterocycles. The van der Waals surface area contributed by atoms with E-state index in [4.69, 9.17) is 5.73 Å². The Hall–Kier alpha value is -1.84. The number of nitrogen functional groups attached to an aromatic ring is 1. The van der Waals surface area contributed by atoms with Gasteiger partial charge in [-0.3, -0.25) is 0 Å². The minimum atomic E-state index is 0.317. The maximum Gasteiger partial charge on any atom is 0.240 e. The Morgan fingerprint density at radius 3 is 2.06 bits per heavy atom. The number of anilines is 1. The van der Waals surface area contributed by atoms with Crippen molar-refractivity contribution in [2.45, 2.75) is 27.7 Å². The fourth-order valence-electron chi connectivity index (χ4n) is 2.13. The van der Waals surface area contributed by atoms with Crippen LogP contribution < -0.4 is 5.73 Å². The summed E-state index contributed by atoms with van der Waals surface area (Å²) in [5.74, 6) is 1.13. The quantitative estimate of drug-likeness (QED) is 0.794. The van der Waals surface area contributed by atoms with Gasteiger partial charge in [0, 0.05) is 0 Å². The van der Waals surface area contributed by atoms with Crippen LogP contribution in [0.3, 0.4) is 0 Å². The molecule has 16 heavy (non-hydrogen) atoms. The molecule has 0 unspecified atom stereocenters. The van der Waals surface area contributed by atoms with Gasteiger partial charge in [-0.15, -0.1) is 5.10 Å². The Morgan fingerprint density at radius 1 is 1.06 bits per heavy atom. The zero-order valence-corrected chi connectivity index (χ0v) is 10.1. The average Bonchev–Trinajstić information content (AvgIpc) is 2.43. The molecule has 0 radical (unpaired) electrons. The first-order valence-corrected chi connectivity index (χ1v) is 5.26. The molecule has 84 valence electrons. The van der Waals surface area contributed by atoms with Crippen LogP contribution in [0.25, 0.3) is 5.69 Å². The van der Waals surface area contributed by atoms with Gasteiger partial charge in [0.15, 0.2) is 0 Å². The summed E-state index contributed by atoms with van der Waals surface area (Å²) < 4.78 is 1.80. The van der Waals surface area contributed by atoms with E-state index < -0.39 is 0 Å². The second kappa shape index (κ2) is 3.63. The van der Waals surface area contributed by atoms with Crippen LogP contribution in [0.15, 0.2) is 12.1 Å². The van der Waals surface area contributed by atoms with Gasteiger partial charge in [0.25, 0.3) is 0 Å². The maximum absolute atomic E-state index is 5.60. The smallest absolute Gasteiger partial charge is 0.240 e. The number of hydrogen-bond donors (Lipinski definition) is 1. The normalized spacial score (nSPS) is 10.8. The first-order chi connectivity index (χ1) is 7.49. The van der Waals surface area contributed by atoms with Gasteiger partial charge >= 0.3 is 0 Å². The van der Waals surface area contributed by atoms with Gasteiger partial charge in [0.2, 0.25) is 5.95 Å². The monoisotopic (exact) mass is 216 g/mol. The van der Waals surface area contributed by atoms with Gasteiger partial charge in [-0.1, -0.05) is 17.7 Å². The van der Waals surface area contributed by atoms with E-state index in [1.54, 1.807) is 4.68 Å². The van der Waals surface area contributed by atoms with Gasteiger partial charge in [-0.2, -0.15) is 4.98 Å². The Labute approximate surface area is 95.1 Å². The molecule has 2 rings (SSSR count). The third kappa shape index (κ3) is 1.66. The third-order valence-corrected chi connectivity index (χ3v) is 2.63. The largest absolute Gasteiger partial charge is 0.366 e. The minimum absolute atomic E-state index is 0.317. The van der Waals surface area contributed by atoms with E-state index in [0.717, 1.165) is 11.5 Å². The topological polar surface area (TPSA) is 56.7 Å². The lowest BCUT2D eigenvalue weighted by Crippen LogP contribution is -2.05. The van der Waals surface area contributed by atoms with Crippen LogP contribution in [-0.2, 0) is 0 Å². The molecule has 0 fully saturated rings. The van der Waals surface area contributed by atoms with Crippen molar-refractivity contribution >= 4 is 5.95 Å². The van der Waals surface area contributed by atoms with Gasteiger partial charge in [0.05, 0.1) is 5.69 Å². The molecule has 0 amide bonds. The SMILES string of the molecule is Cc1cc(C)c(-n2nc(N)nc2C)c(C)c1. The molecule has 0 saturated carbocycles. The van der Waals surface area contributed by atoms with Crippen molar-refractivity contribution in [2.75, 3.05) is 5.73 Å². The molecule has 0 aliphatic rings. The van der Waals surface area contributed by atoms with Crippen molar-refractivity contribution in [2.24, 2.45) is 0 Å². The van der Waals surface area contributed by atoms with Crippen LogP contribution in [0.4, 0.5) is 5.95 Å². The van der Waals surface area contributed by atoms with Crippen LogP contribution in [0.1, 0.15) is 22.5 Å². The predicted molar refractivity (Wildman–Crippen MR) is 64.7 cm³/mol. The molecule has 1 heterocycles. The summed E-state index contributed by atoms with van der Waals surface area (Å²) in [5.41, 5.74) is 10.3. The summed E-state index contributed by atoms with van der Waals surface area (Å²) >= 11 is 0. The second-order valence-corrected chi connectivity index (χ2v) is 4.18. The maximum atomic E-state index is 5.60. The van der Waals surface area contributed by atoms with Gasteiger partial charge < -0.3 is 5.73 Å². The molecule has 4 nitrogen and oxygen atoms in total. The highest BCUT2D eigenvalue weighted by Gasteiger charge is 2.11. The van der Waals surface area contributed by atoms with E-state index in [1.165, 1.54) is 16.7 Å². The summed E-state index contributed by atoms with van der Waals surface area (Å²) in [5, 5.41) is 4.22. The van der Waals surface area contributed by atoms with E-state index in [2.05, 4.69) is 43.0 Å². The number of rotatable bonds is 1. The number of nitrogens with two attached hydrogens (primary N) is 1. The highest BCUT2D eigenvalue weighted by Crippen LogP contribution is 2.21. The van der Waals surface area contributed by atoms with Crippen molar-refractivity contribution < 1.29 is 0 Å². The Bertz CT molecular complexity index is 517. The summed E-state index contributed by atoms with van der Waals surface area (Å²) in [6.07, 6.45) is 0. The van der Waals surface area contributed by atoms with Crippen LogP contribution >= 0.6 is 0 Å². The van der Waals surface area contributed by atoms with E-state index >= 15 is 0 Å². The molecule has 0 bridgehead atoms. The number of benzene rings is 1. The average molecular weight is 216 g/mol. The van der Waals surface area contributed by atoms with Crippen molar-refractivity contribution in [3.05, 3.63) is 34.6 Å². The molecule has 1 aromatic heterocycles. The lowest BCUT2D eigenvalue weighted by Gasteiger charge is -2.11. The standard InChI is InChI=1S/C12H16N4/c1-7-5-8(2)11(9(3)6-7)16-10(4)14-12(13)15-16/h5-6H,1-4H3,(H2,13,15). The molecular weight excluding hydrogens is 200 g/mol. The Kier molecular flexibility index (Phi) is 2.42. The van der Waals surface area contributed by atoms with E-state index in [0.29, 0.717) is 5.95 Å². The number of aryl methyl sites for hydroxylation is 4. The first-order valence-electron chi connectivity index (χ1n) is 5.26. The number of nitrogens with zero attached hydrogens (tertiary/aromatic N) is 3. The fourth-order valence-corrected chi connectivity index (χ4v) is 2.13. The number of aromatic nitrogens is 3. The molecule has 0 aliphatic carbocycles. The lowest BCUT2D eigenvalue weighted by molar-refractivity contribution is 0.828. The zero-order chi connectivity index (χ0) is 11.9. The molecule has 2 N–H and O–H groups in total. The molecule has 0 spiro atoms. The Morgan fingerprint density at radius 2 is 1.62 bits per heavy atom. The first kappa shape index (κ1) is 10.7. The summed E-state index contributed by atoms with van der Waals surface area (Å²) in [6.45, 7) is 8.15. The van der Waals surface area contributed by atoms with E-state index in [-0.39, 0.29) is 0 Å². The second-order valence-electron chi connectivity index (χ2n) is 4.18. The molecule has 0 aliphatic heterocycles. The van der Waals surface area contributed by atoms with Crippen molar-refractivity contribution in [1.82, 2.24) is 14.8 Å². The lowest BCUT2D eigenvalue weighted by atomic mass is 10.1. The van der Waals surface area contributed by atoms with E-state index in [1.807, 2.05) is 6.92 Å². The summed E-state index contributed by atoms with van der Waals surface area (Å²) in [7, 11) is 0. The van der Waals surface area contributed by atoms with Gasteiger partial charge in [0.1, 0.15) is 5.82 Å². The van der Waals surface area contributed by atoms with Crippen LogP contribution in [0.2, 0.25) is 0 Å². The van der Waals surface area contributed by atoms with E-state index in [9.17, 15) is 0 Å². The van der Waals surface area contributed by atoms with Crippen molar-refractivity contribution in [3.8, 4) is 5.69 Å². The number of hydrogen-bond acceptors (Lipinski definition) is 3. The third-order valence-electron chi connectivity index (χ3n) is 2.63. The zero-order valence-electron chi connectivity index (χ0n) is 10.1. The minimum Gasteiger partial charge on any atom is -0.366 e. The van der Waals surface area contributed by atoms with Crippen molar-refractivity contribution in [3.63, 3.8) is 0 Å². The van der Waals surface area contributed by atoms with Crippen LogP contribution in [0.5, 0.6) is 0 Å². The molecule has 1 aromatic carbocycles. The summed E-state index contributed by atoms with van der Waals surface area (Å²) in [4.78, 5) is 4.12. The molecule has 2 aromatic rings. The van der Waals surface area contributed by atoms with Crippen LogP contribution in [-0.4, -0.2) is 14.8 Å². The highest BCUT2D eigenvalue weighted by atomic mass is 15.4. The van der Waals surface area contributed by atoms with Gasteiger partial charge in [-0.05, 0) is 38.8 Å². The van der Waals surface area contributed by atoms with Crippen LogP contribution in [0, 0.1) is 27.7 Å². The molecule has 4 heteroatoms. The fraction of sp³-hybridized carbons (Fsp3) is 0.333. The van der Waals surface area contributed by atoms with Gasteiger partial charge in [-0.25, -0.2) is 4.68 Å². The molecular formula is C12H16N4. The van der Waals surface area contributed by atoms with Crippen molar-refractivity contribution in [1.29, 1.82) is 0 Å². The highest BCUT2D eigenvalue weighted by molar-refractivity contribution is 5.49.